The standard InChI is InChI=1S/C11H11ClFN3O2S2/c1-6-15-4-8(19-6)5-16-20(17,18)10-3-7(12)2-9(14)11(10)13/h2-4,16H,5,14H2,1H3. The molecule has 5 nitrogen and oxygen atoms in total. The molecular weight excluding hydrogens is 325 g/mol. The molecule has 0 spiro atoms. The number of benzene rings is 1. The van der Waals surface area contributed by atoms with Crippen molar-refractivity contribution < 1.29 is 12.8 Å². The highest BCUT2D eigenvalue weighted by Crippen LogP contribution is 2.25. The molecular formula is C11H11ClFN3O2S2. The smallest absolute Gasteiger partial charge is 0.243 e. The third kappa shape index (κ3) is 3.26. The van der Waals surface area contributed by atoms with Crippen LogP contribution in [0.5, 0.6) is 0 Å². The van der Waals surface area contributed by atoms with Crippen molar-refractivity contribution in [1.82, 2.24) is 9.71 Å². The number of rotatable bonds is 4. The van der Waals surface area contributed by atoms with Gasteiger partial charge in [-0.3, -0.25) is 0 Å². The van der Waals surface area contributed by atoms with Gasteiger partial charge in [0, 0.05) is 22.6 Å². The van der Waals surface area contributed by atoms with Crippen LogP contribution in [-0.4, -0.2) is 13.4 Å². The fourth-order valence-corrected chi connectivity index (χ4v) is 3.77. The average Bonchev–Trinajstić information content (AvgIpc) is 2.77. The quantitative estimate of drug-likeness (QED) is 0.840. The third-order valence-corrected chi connectivity index (χ3v) is 4.96. The Morgan fingerprint density at radius 3 is 2.80 bits per heavy atom. The first-order valence-electron chi connectivity index (χ1n) is 5.45. The Labute approximate surface area is 124 Å². The monoisotopic (exact) mass is 335 g/mol. The van der Waals surface area contributed by atoms with Crippen LogP contribution in [0.15, 0.2) is 23.2 Å². The first-order valence-corrected chi connectivity index (χ1v) is 8.13. The highest BCUT2D eigenvalue weighted by molar-refractivity contribution is 7.89. The van der Waals surface area contributed by atoms with E-state index < -0.39 is 20.7 Å². The Kier molecular flexibility index (Phi) is 4.28. The Bertz CT molecular complexity index is 746. The summed E-state index contributed by atoms with van der Waals surface area (Å²) in [5.74, 6) is -1.01. The molecule has 3 N–H and O–H groups in total. The number of nitrogens with one attached hydrogen (secondary N) is 1. The van der Waals surface area contributed by atoms with Crippen LogP contribution in [-0.2, 0) is 16.6 Å². The van der Waals surface area contributed by atoms with Crippen molar-refractivity contribution in [3.63, 3.8) is 0 Å². The Balaban J connectivity index is 2.27. The van der Waals surface area contributed by atoms with Crippen LogP contribution in [0.4, 0.5) is 10.1 Å². The summed E-state index contributed by atoms with van der Waals surface area (Å²) >= 11 is 7.05. The largest absolute Gasteiger partial charge is 0.396 e. The second-order valence-electron chi connectivity index (χ2n) is 3.98. The fraction of sp³-hybridized carbons (Fsp3) is 0.182. The number of thiazole rings is 1. The topological polar surface area (TPSA) is 85.1 Å². The van der Waals surface area contributed by atoms with E-state index >= 15 is 0 Å². The van der Waals surface area contributed by atoms with E-state index in [4.69, 9.17) is 17.3 Å². The summed E-state index contributed by atoms with van der Waals surface area (Å²) in [6, 6.07) is 2.18. The number of aryl methyl sites for hydroxylation is 1. The Morgan fingerprint density at radius 2 is 2.20 bits per heavy atom. The molecule has 1 aromatic heterocycles. The third-order valence-electron chi connectivity index (χ3n) is 2.43. The average molecular weight is 336 g/mol. The molecule has 2 aromatic rings. The fourth-order valence-electron chi connectivity index (χ4n) is 1.51. The summed E-state index contributed by atoms with van der Waals surface area (Å²) in [5.41, 5.74) is 5.06. The lowest BCUT2D eigenvalue weighted by Gasteiger charge is -2.08. The number of hydrogen-bond acceptors (Lipinski definition) is 5. The highest BCUT2D eigenvalue weighted by Gasteiger charge is 2.21. The first-order chi connectivity index (χ1) is 9.29. The summed E-state index contributed by atoms with van der Waals surface area (Å²) in [5, 5.41) is 0.871. The van der Waals surface area contributed by atoms with E-state index in [0.717, 1.165) is 22.0 Å². The van der Waals surface area contributed by atoms with Crippen LogP contribution in [0.3, 0.4) is 0 Å². The molecule has 0 aliphatic heterocycles. The minimum absolute atomic E-state index is 0.0275. The number of sulfonamides is 1. The number of hydrogen-bond donors (Lipinski definition) is 2. The number of aromatic nitrogens is 1. The van der Waals surface area contributed by atoms with Crippen molar-refractivity contribution in [3.05, 3.63) is 39.1 Å². The molecule has 0 aliphatic carbocycles. The van der Waals surface area contributed by atoms with Gasteiger partial charge in [0.05, 0.1) is 10.7 Å². The van der Waals surface area contributed by atoms with Gasteiger partial charge in [-0.1, -0.05) is 11.6 Å². The molecule has 0 saturated heterocycles. The van der Waals surface area contributed by atoms with Crippen LogP contribution < -0.4 is 10.5 Å². The molecule has 0 amide bonds. The van der Waals surface area contributed by atoms with Gasteiger partial charge in [-0.15, -0.1) is 11.3 Å². The maximum absolute atomic E-state index is 13.8. The van der Waals surface area contributed by atoms with Gasteiger partial charge in [-0.2, -0.15) is 0 Å². The number of nitrogens with two attached hydrogens (primary N) is 1. The summed E-state index contributed by atoms with van der Waals surface area (Å²) in [4.78, 5) is 4.16. The summed E-state index contributed by atoms with van der Waals surface area (Å²) in [6.07, 6.45) is 1.56. The summed E-state index contributed by atoms with van der Waals surface area (Å²) < 4.78 is 40.2. The molecule has 108 valence electrons. The van der Waals surface area contributed by atoms with E-state index in [0.29, 0.717) is 0 Å². The SMILES string of the molecule is Cc1ncc(CNS(=O)(=O)c2cc(Cl)cc(N)c2F)s1. The lowest BCUT2D eigenvalue weighted by Crippen LogP contribution is -2.24. The molecule has 0 saturated carbocycles. The molecule has 0 unspecified atom stereocenters. The van der Waals surface area contributed by atoms with Crippen molar-refractivity contribution in [1.29, 1.82) is 0 Å². The van der Waals surface area contributed by atoms with E-state index in [2.05, 4.69) is 9.71 Å². The minimum atomic E-state index is -4.04. The van der Waals surface area contributed by atoms with Crippen molar-refractivity contribution in [3.8, 4) is 0 Å². The van der Waals surface area contributed by atoms with E-state index in [1.807, 2.05) is 0 Å². The second kappa shape index (κ2) is 5.65. The van der Waals surface area contributed by atoms with Crippen molar-refractivity contribution in [2.24, 2.45) is 0 Å². The lowest BCUT2D eigenvalue weighted by molar-refractivity contribution is 0.559. The van der Waals surface area contributed by atoms with Crippen LogP contribution in [0.2, 0.25) is 5.02 Å². The Hall–Kier alpha value is -1.22. The van der Waals surface area contributed by atoms with E-state index in [9.17, 15) is 12.8 Å². The van der Waals surface area contributed by atoms with Gasteiger partial charge in [-0.25, -0.2) is 22.5 Å². The van der Waals surface area contributed by atoms with Gasteiger partial charge in [0.15, 0.2) is 5.82 Å². The van der Waals surface area contributed by atoms with Crippen molar-refractivity contribution in [2.45, 2.75) is 18.4 Å². The van der Waals surface area contributed by atoms with Crippen LogP contribution >= 0.6 is 22.9 Å². The zero-order chi connectivity index (χ0) is 14.9. The van der Waals surface area contributed by atoms with Gasteiger partial charge >= 0.3 is 0 Å². The molecule has 1 heterocycles. The molecule has 0 fully saturated rings. The van der Waals surface area contributed by atoms with Crippen LogP contribution in [0, 0.1) is 12.7 Å². The van der Waals surface area contributed by atoms with Crippen molar-refractivity contribution in [2.75, 3.05) is 5.73 Å². The molecule has 0 atom stereocenters. The second-order valence-corrected chi connectivity index (χ2v) is 7.47. The van der Waals surface area contributed by atoms with Gasteiger partial charge in [0.1, 0.15) is 4.90 Å². The van der Waals surface area contributed by atoms with Gasteiger partial charge in [0.25, 0.3) is 0 Å². The lowest BCUT2D eigenvalue weighted by atomic mass is 10.3. The number of nitrogen functional groups attached to an aromatic ring is 1. The maximum Gasteiger partial charge on any atom is 0.243 e. The Morgan fingerprint density at radius 1 is 1.50 bits per heavy atom. The van der Waals surface area contributed by atoms with Crippen LogP contribution in [0.1, 0.15) is 9.88 Å². The molecule has 1 aromatic carbocycles. The van der Waals surface area contributed by atoms with E-state index in [-0.39, 0.29) is 17.3 Å². The zero-order valence-electron chi connectivity index (χ0n) is 10.4. The molecule has 2 rings (SSSR count). The van der Waals surface area contributed by atoms with E-state index in [1.165, 1.54) is 11.3 Å². The first kappa shape index (κ1) is 15.2. The van der Waals surface area contributed by atoms with Gasteiger partial charge in [0.2, 0.25) is 10.0 Å². The van der Waals surface area contributed by atoms with Gasteiger partial charge < -0.3 is 5.73 Å². The predicted octanol–water partition coefficient (Wildman–Crippen LogP) is 2.30. The predicted molar refractivity (Wildman–Crippen MR) is 76.7 cm³/mol. The van der Waals surface area contributed by atoms with Crippen LogP contribution in [0.25, 0.3) is 0 Å². The molecule has 0 aliphatic rings. The molecule has 20 heavy (non-hydrogen) atoms. The molecule has 9 heteroatoms. The normalized spacial score (nSPS) is 11.8. The number of halogens is 2. The van der Waals surface area contributed by atoms with Crippen molar-refractivity contribution >= 4 is 38.6 Å². The maximum atomic E-state index is 13.8. The summed E-state index contributed by atoms with van der Waals surface area (Å²) in [6.45, 7) is 1.83. The van der Waals surface area contributed by atoms with E-state index in [1.54, 1.807) is 13.1 Å². The minimum Gasteiger partial charge on any atom is -0.396 e. The zero-order valence-corrected chi connectivity index (χ0v) is 12.7. The molecule has 0 bridgehead atoms. The summed E-state index contributed by atoms with van der Waals surface area (Å²) in [7, 11) is -4.04. The molecule has 0 radical (unpaired) electrons. The van der Waals surface area contributed by atoms with Gasteiger partial charge in [-0.05, 0) is 19.1 Å². The number of nitrogens with zero attached hydrogens (tertiary/aromatic N) is 1. The number of anilines is 1. The highest BCUT2D eigenvalue weighted by atomic mass is 35.5.